The Morgan fingerprint density at radius 2 is 2.27 bits per heavy atom. The molecule has 1 N–H and O–H groups in total. The maximum absolute atomic E-state index is 11.1. The maximum atomic E-state index is 11.1. The van der Waals surface area contributed by atoms with Gasteiger partial charge in [-0.05, 0) is 0 Å². The number of likely N-dealkylation sites (N-methyl/N-ethyl adjacent to an activating group) is 1. The molecule has 1 heterocycles. The average Bonchev–Trinajstić information content (AvgIpc) is 2.15. The van der Waals surface area contributed by atoms with E-state index >= 15 is 0 Å². The number of hydrogen-bond donors (Lipinski definition) is 1. The van der Waals surface area contributed by atoms with Crippen LogP contribution >= 0.6 is 0 Å². The first-order valence-electron chi connectivity index (χ1n) is 3.68. The van der Waals surface area contributed by atoms with Crippen LogP contribution in [0.3, 0.4) is 0 Å². The van der Waals surface area contributed by atoms with Crippen molar-refractivity contribution in [3.63, 3.8) is 0 Å². The molecule has 1 amide bonds. The quantitative estimate of drug-likeness (QED) is 0.423. The van der Waals surface area contributed by atoms with Crippen LogP contribution in [-0.4, -0.2) is 42.2 Å². The van der Waals surface area contributed by atoms with Crippen molar-refractivity contribution in [1.82, 2.24) is 0 Å². The molecular weight excluding hydrogens is 257 g/mol. The van der Waals surface area contributed by atoms with Gasteiger partial charge >= 0.3 is 5.91 Å². The summed E-state index contributed by atoms with van der Waals surface area (Å²) < 4.78 is 0.441. The molecule has 66 valence electrons. The number of likely N-dealkylation sites (tertiary alicyclic amines) is 1. The van der Waals surface area contributed by atoms with E-state index in [0.29, 0.717) is 17.4 Å². The van der Waals surface area contributed by atoms with Crippen molar-refractivity contribution in [2.75, 3.05) is 26.7 Å². The summed E-state index contributed by atoms with van der Waals surface area (Å²) in [5.74, 6) is 0.272. The van der Waals surface area contributed by atoms with Crippen molar-refractivity contribution >= 4 is 5.91 Å². The molecule has 1 aliphatic rings. The third kappa shape index (κ3) is 2.38. The molecule has 0 saturated carbocycles. The highest BCUT2D eigenvalue weighted by Gasteiger charge is 2.35. The van der Waals surface area contributed by atoms with Gasteiger partial charge in [0.05, 0.1) is 26.6 Å². The van der Waals surface area contributed by atoms with Gasteiger partial charge in [0.15, 0.2) is 0 Å². The molecule has 0 radical (unpaired) electrons. The third-order valence-electron chi connectivity index (χ3n) is 2.24. The topological polar surface area (TPSA) is 37.3 Å². The normalized spacial score (nSPS) is 30.2. The number of carbonyl (C=O) groups excluding carboxylic acids is 1. The van der Waals surface area contributed by atoms with Crippen molar-refractivity contribution in [3.05, 3.63) is 0 Å². The zero-order valence-electron chi connectivity index (χ0n) is 6.72. The van der Waals surface area contributed by atoms with Crippen LogP contribution in [0.15, 0.2) is 0 Å². The van der Waals surface area contributed by atoms with E-state index in [-0.39, 0.29) is 36.5 Å². The van der Waals surface area contributed by atoms with Gasteiger partial charge in [0.1, 0.15) is 6.54 Å². The van der Waals surface area contributed by atoms with Gasteiger partial charge in [-0.2, -0.15) is 0 Å². The molecule has 0 aromatic heterocycles. The molecule has 0 bridgehead atoms. The lowest BCUT2D eigenvalue weighted by Gasteiger charge is -2.24. The predicted octanol–water partition coefficient (Wildman–Crippen LogP) is -3.25. The first kappa shape index (κ1) is 11.3. The van der Waals surface area contributed by atoms with Crippen LogP contribution in [0, 0.1) is 0 Å². The highest BCUT2D eigenvalue weighted by molar-refractivity contribution is 5.70. The highest BCUT2D eigenvalue weighted by Crippen LogP contribution is 2.16. The molecule has 0 aromatic rings. The number of carbonyl (C=O) groups is 1. The minimum atomic E-state index is 0. The summed E-state index contributed by atoms with van der Waals surface area (Å²) in [7, 11) is 1.89. The minimum absolute atomic E-state index is 0. The lowest BCUT2D eigenvalue weighted by atomic mass is 10.4. The predicted molar refractivity (Wildman–Crippen MR) is 37.2 cm³/mol. The second-order valence-electron chi connectivity index (χ2n) is 3.06. The summed E-state index contributed by atoms with van der Waals surface area (Å²) >= 11 is 0. The van der Waals surface area contributed by atoms with Crippen molar-refractivity contribution < 1.29 is 38.4 Å². The third-order valence-corrected chi connectivity index (χ3v) is 2.24. The number of quaternary nitrogens is 1. The second-order valence-corrected chi connectivity index (χ2v) is 3.06. The Labute approximate surface area is 84.0 Å². The van der Waals surface area contributed by atoms with Crippen LogP contribution in [-0.2, 0) is 4.79 Å². The van der Waals surface area contributed by atoms with Crippen molar-refractivity contribution in [2.45, 2.75) is 12.8 Å². The van der Waals surface area contributed by atoms with Crippen molar-refractivity contribution in [3.8, 4) is 0 Å². The molecule has 1 rings (SSSR count). The fourth-order valence-electron chi connectivity index (χ4n) is 1.43. The molecule has 1 fully saturated rings. The zero-order valence-corrected chi connectivity index (χ0v) is 8.87. The summed E-state index contributed by atoms with van der Waals surface area (Å²) in [5, 5.41) is 8.64. The van der Waals surface area contributed by atoms with E-state index in [9.17, 15) is 4.79 Å². The molecule has 1 saturated heterocycles. The first-order valence-corrected chi connectivity index (χ1v) is 3.68. The molecular formula is C7H14INO2. The molecule has 1 unspecified atom stereocenters. The van der Waals surface area contributed by atoms with Gasteiger partial charge < -0.3 is 29.1 Å². The molecule has 4 heteroatoms. The molecule has 1 aliphatic heterocycles. The Hall–Kier alpha value is 0.320. The molecule has 0 aromatic carbocycles. The van der Waals surface area contributed by atoms with Gasteiger partial charge in [-0.25, -0.2) is 4.79 Å². The Kier molecular flexibility index (Phi) is 4.50. The van der Waals surface area contributed by atoms with Gasteiger partial charge in [-0.1, -0.05) is 0 Å². The fraction of sp³-hybridized carbons (Fsp3) is 0.857. The van der Waals surface area contributed by atoms with Crippen molar-refractivity contribution in [1.29, 1.82) is 0 Å². The van der Waals surface area contributed by atoms with Gasteiger partial charge in [0.2, 0.25) is 0 Å². The van der Waals surface area contributed by atoms with Crippen molar-refractivity contribution in [2.24, 2.45) is 0 Å². The molecule has 1 atom stereocenters. The molecule has 11 heavy (non-hydrogen) atoms. The number of aliphatic hydroxyl groups excluding tert-OH is 1. The van der Waals surface area contributed by atoms with Crippen LogP contribution in [0.1, 0.15) is 12.8 Å². The number of nitrogens with zero attached hydrogens (tertiary/aromatic N) is 1. The Balaban J connectivity index is 0.000001000. The zero-order chi connectivity index (χ0) is 7.61. The van der Waals surface area contributed by atoms with Crippen LogP contribution in [0.2, 0.25) is 0 Å². The van der Waals surface area contributed by atoms with Crippen LogP contribution in [0.4, 0.5) is 0 Å². The standard InChI is InChI=1S/C7H14NO2.HI/c1-8(5-6-9)4-2-3-7(8)10;/h9H,2-6H2,1H3;1H/q+1;/p-1. The minimum Gasteiger partial charge on any atom is -1.00 e. The van der Waals surface area contributed by atoms with Gasteiger partial charge in [-0.3, -0.25) is 4.48 Å². The summed E-state index contributed by atoms with van der Waals surface area (Å²) in [4.78, 5) is 11.1. The van der Waals surface area contributed by atoms with Crippen LogP contribution < -0.4 is 24.0 Å². The van der Waals surface area contributed by atoms with Gasteiger partial charge in [0, 0.05) is 6.42 Å². The average molecular weight is 271 g/mol. The smallest absolute Gasteiger partial charge is 0.313 e. The van der Waals surface area contributed by atoms with E-state index in [1.807, 2.05) is 7.05 Å². The van der Waals surface area contributed by atoms with E-state index in [1.54, 1.807) is 0 Å². The summed E-state index contributed by atoms with van der Waals surface area (Å²) in [6.07, 6.45) is 1.67. The number of halogens is 1. The molecule has 3 nitrogen and oxygen atoms in total. The second kappa shape index (κ2) is 4.37. The Morgan fingerprint density at radius 1 is 1.64 bits per heavy atom. The van der Waals surface area contributed by atoms with Crippen LogP contribution in [0.25, 0.3) is 0 Å². The van der Waals surface area contributed by atoms with Gasteiger partial charge in [-0.15, -0.1) is 0 Å². The summed E-state index contributed by atoms with van der Waals surface area (Å²) in [6, 6.07) is 0. The van der Waals surface area contributed by atoms with E-state index in [0.717, 1.165) is 13.0 Å². The number of amides is 1. The molecule has 0 spiro atoms. The SMILES string of the molecule is C[N+]1(CCO)CCCC1=O.[I-]. The number of aliphatic hydroxyl groups is 1. The van der Waals surface area contributed by atoms with E-state index in [2.05, 4.69) is 0 Å². The Morgan fingerprint density at radius 3 is 2.64 bits per heavy atom. The lowest BCUT2D eigenvalue weighted by molar-refractivity contribution is -0.826. The van der Waals surface area contributed by atoms with Crippen LogP contribution in [0.5, 0.6) is 0 Å². The Bertz CT molecular complexity index is 151. The molecule has 0 aliphatic carbocycles. The monoisotopic (exact) mass is 271 g/mol. The summed E-state index contributed by atoms with van der Waals surface area (Å²) in [5.41, 5.74) is 0. The van der Waals surface area contributed by atoms with E-state index in [1.165, 1.54) is 0 Å². The lowest BCUT2D eigenvalue weighted by Crippen LogP contribution is -3.00. The maximum Gasteiger partial charge on any atom is 0.313 e. The van der Waals surface area contributed by atoms with E-state index in [4.69, 9.17) is 5.11 Å². The first-order chi connectivity index (χ1) is 4.69. The number of hydrogen-bond acceptors (Lipinski definition) is 2. The number of rotatable bonds is 2. The van der Waals surface area contributed by atoms with E-state index < -0.39 is 0 Å². The largest absolute Gasteiger partial charge is 1.00 e. The highest BCUT2D eigenvalue weighted by atomic mass is 127. The summed E-state index contributed by atoms with van der Waals surface area (Å²) in [6.45, 7) is 1.60. The fourth-order valence-corrected chi connectivity index (χ4v) is 1.43. The van der Waals surface area contributed by atoms with Gasteiger partial charge in [0.25, 0.3) is 0 Å².